The highest BCUT2D eigenvalue weighted by atomic mass is 35.5. The van der Waals surface area contributed by atoms with E-state index < -0.39 is 0 Å². The molecular formula is C16H23ClN2O2. The van der Waals surface area contributed by atoms with Gasteiger partial charge in [-0.15, -0.1) is 0 Å². The topological polar surface area (TPSA) is 51.2 Å². The van der Waals surface area contributed by atoms with Crippen molar-refractivity contribution in [3.63, 3.8) is 0 Å². The van der Waals surface area contributed by atoms with Gasteiger partial charge in [0.05, 0.1) is 11.6 Å². The monoisotopic (exact) mass is 310 g/mol. The molecule has 3 unspecified atom stereocenters. The molecule has 21 heavy (non-hydrogen) atoms. The van der Waals surface area contributed by atoms with Gasteiger partial charge in [-0.1, -0.05) is 25.4 Å². The molecule has 116 valence electrons. The lowest BCUT2D eigenvalue weighted by atomic mass is 9.80. The van der Waals surface area contributed by atoms with Crippen molar-refractivity contribution in [1.29, 1.82) is 0 Å². The average molecular weight is 311 g/mol. The summed E-state index contributed by atoms with van der Waals surface area (Å²) >= 11 is 6.09. The molecule has 1 N–H and O–H groups in total. The lowest BCUT2D eigenvalue weighted by Gasteiger charge is -2.33. The Kier molecular flexibility index (Phi) is 5.45. The van der Waals surface area contributed by atoms with Crippen molar-refractivity contribution in [2.24, 2.45) is 11.8 Å². The zero-order valence-electron chi connectivity index (χ0n) is 12.9. The fourth-order valence-corrected chi connectivity index (χ4v) is 3.12. The number of carbonyl (C=O) groups is 1. The molecule has 4 nitrogen and oxygen atoms in total. The molecule has 5 heteroatoms. The third-order valence-corrected chi connectivity index (χ3v) is 4.38. The summed E-state index contributed by atoms with van der Waals surface area (Å²) < 4.78 is 5.33. The van der Waals surface area contributed by atoms with Gasteiger partial charge in [-0.25, -0.2) is 4.98 Å². The number of amides is 1. The van der Waals surface area contributed by atoms with Gasteiger partial charge in [0.2, 0.25) is 5.88 Å². The highest BCUT2D eigenvalue weighted by Crippen LogP contribution is 2.29. The first-order valence-corrected chi connectivity index (χ1v) is 7.99. The van der Waals surface area contributed by atoms with Crippen LogP contribution in [0.2, 0.25) is 5.02 Å². The first-order chi connectivity index (χ1) is 10.0. The van der Waals surface area contributed by atoms with Crippen molar-refractivity contribution in [2.45, 2.75) is 46.1 Å². The van der Waals surface area contributed by atoms with Crippen molar-refractivity contribution in [3.8, 4) is 5.88 Å². The summed E-state index contributed by atoms with van der Waals surface area (Å²) in [7, 11) is 0. The molecule has 0 aromatic carbocycles. The Bertz CT molecular complexity index is 507. The van der Waals surface area contributed by atoms with Crippen molar-refractivity contribution in [1.82, 2.24) is 10.3 Å². The minimum atomic E-state index is -0.215. The molecule has 1 aromatic rings. The van der Waals surface area contributed by atoms with Crippen LogP contribution in [0.5, 0.6) is 5.88 Å². The average Bonchev–Trinajstić information content (AvgIpc) is 2.44. The van der Waals surface area contributed by atoms with Gasteiger partial charge in [-0.2, -0.15) is 0 Å². The van der Waals surface area contributed by atoms with Gasteiger partial charge in [0.25, 0.3) is 5.91 Å². The molecule has 0 spiro atoms. The zero-order chi connectivity index (χ0) is 15.4. The largest absolute Gasteiger partial charge is 0.478 e. The third-order valence-electron chi connectivity index (χ3n) is 4.08. The van der Waals surface area contributed by atoms with E-state index in [-0.39, 0.29) is 17.6 Å². The number of nitrogens with zero attached hydrogens (tertiary/aromatic N) is 1. The SMILES string of the molecule is CCOc1ccc(Cl)c(C(=O)NC2CCC(C)CC2C)n1. The summed E-state index contributed by atoms with van der Waals surface area (Å²) in [5.41, 5.74) is 0.244. The van der Waals surface area contributed by atoms with Crippen LogP contribution in [-0.4, -0.2) is 23.5 Å². The minimum absolute atomic E-state index is 0.197. The van der Waals surface area contributed by atoms with Crippen molar-refractivity contribution in [2.75, 3.05) is 6.61 Å². The van der Waals surface area contributed by atoms with Crippen LogP contribution in [0, 0.1) is 11.8 Å². The number of aromatic nitrogens is 1. The van der Waals surface area contributed by atoms with Crippen molar-refractivity contribution < 1.29 is 9.53 Å². The summed E-state index contributed by atoms with van der Waals surface area (Å²) in [5, 5.41) is 3.43. The Morgan fingerprint density at radius 2 is 2.19 bits per heavy atom. The van der Waals surface area contributed by atoms with E-state index in [1.54, 1.807) is 12.1 Å². The van der Waals surface area contributed by atoms with Gasteiger partial charge in [0.1, 0.15) is 0 Å². The van der Waals surface area contributed by atoms with E-state index in [1.165, 1.54) is 0 Å². The van der Waals surface area contributed by atoms with Crippen LogP contribution < -0.4 is 10.1 Å². The number of ether oxygens (including phenoxy) is 1. The van der Waals surface area contributed by atoms with E-state index in [4.69, 9.17) is 16.3 Å². The molecule has 1 heterocycles. The van der Waals surface area contributed by atoms with Crippen LogP contribution in [0.3, 0.4) is 0 Å². The van der Waals surface area contributed by atoms with Gasteiger partial charge in [0.15, 0.2) is 5.69 Å². The second-order valence-corrected chi connectivity index (χ2v) is 6.30. The number of carbonyl (C=O) groups excluding carboxylic acids is 1. The van der Waals surface area contributed by atoms with E-state index in [1.807, 2.05) is 6.92 Å². The van der Waals surface area contributed by atoms with E-state index in [0.29, 0.717) is 23.4 Å². The first kappa shape index (κ1) is 16.1. The molecule has 0 bridgehead atoms. The zero-order valence-corrected chi connectivity index (χ0v) is 13.6. The van der Waals surface area contributed by atoms with Gasteiger partial charge < -0.3 is 10.1 Å². The Morgan fingerprint density at radius 1 is 1.43 bits per heavy atom. The molecule has 1 aromatic heterocycles. The molecule has 0 aliphatic heterocycles. The maximum atomic E-state index is 12.4. The standard InChI is InChI=1S/C16H23ClN2O2/c1-4-21-14-8-6-12(17)15(19-14)16(20)18-13-7-5-10(2)9-11(13)3/h6,8,10-11,13H,4-5,7,9H2,1-3H3,(H,18,20). The Hall–Kier alpha value is -1.29. The normalized spacial score (nSPS) is 25.4. The summed E-state index contributed by atoms with van der Waals surface area (Å²) in [6, 6.07) is 3.52. The first-order valence-electron chi connectivity index (χ1n) is 7.61. The molecule has 1 aliphatic rings. The minimum Gasteiger partial charge on any atom is -0.478 e. The molecule has 0 saturated heterocycles. The Balaban J connectivity index is 2.07. The quantitative estimate of drug-likeness (QED) is 0.922. The number of hydrogen-bond acceptors (Lipinski definition) is 3. The van der Waals surface area contributed by atoms with E-state index in [9.17, 15) is 4.79 Å². The van der Waals surface area contributed by atoms with Crippen molar-refractivity contribution >= 4 is 17.5 Å². The maximum absolute atomic E-state index is 12.4. The molecule has 1 aliphatic carbocycles. The van der Waals surface area contributed by atoms with Gasteiger partial charge in [-0.05, 0) is 44.1 Å². The lowest BCUT2D eigenvalue weighted by Crippen LogP contribution is -2.42. The molecule has 3 atom stereocenters. The van der Waals surface area contributed by atoms with Crippen LogP contribution in [0.1, 0.15) is 50.5 Å². The number of hydrogen-bond donors (Lipinski definition) is 1. The van der Waals surface area contributed by atoms with Gasteiger partial charge in [0, 0.05) is 12.1 Å². The molecule has 1 saturated carbocycles. The Morgan fingerprint density at radius 3 is 2.86 bits per heavy atom. The molecule has 1 fully saturated rings. The smallest absolute Gasteiger partial charge is 0.271 e. The van der Waals surface area contributed by atoms with Crippen molar-refractivity contribution in [3.05, 3.63) is 22.8 Å². The lowest BCUT2D eigenvalue weighted by molar-refractivity contribution is 0.0893. The van der Waals surface area contributed by atoms with Crippen LogP contribution in [0.15, 0.2) is 12.1 Å². The number of halogens is 1. The third kappa shape index (κ3) is 4.10. The number of rotatable bonds is 4. The molecule has 2 rings (SSSR count). The molecular weight excluding hydrogens is 288 g/mol. The summed E-state index contributed by atoms with van der Waals surface area (Å²) in [4.78, 5) is 16.6. The van der Waals surface area contributed by atoms with Gasteiger partial charge >= 0.3 is 0 Å². The van der Waals surface area contributed by atoms with Crippen LogP contribution in [-0.2, 0) is 0 Å². The van der Waals surface area contributed by atoms with E-state index in [2.05, 4.69) is 24.1 Å². The van der Waals surface area contributed by atoms with E-state index in [0.717, 1.165) is 25.2 Å². The maximum Gasteiger partial charge on any atom is 0.271 e. The fraction of sp³-hybridized carbons (Fsp3) is 0.625. The fourth-order valence-electron chi connectivity index (χ4n) is 2.93. The van der Waals surface area contributed by atoms with Gasteiger partial charge in [-0.3, -0.25) is 4.79 Å². The van der Waals surface area contributed by atoms with Crippen LogP contribution in [0.4, 0.5) is 0 Å². The predicted molar refractivity (Wildman–Crippen MR) is 83.8 cm³/mol. The predicted octanol–water partition coefficient (Wildman–Crippen LogP) is 3.69. The summed E-state index contributed by atoms with van der Waals surface area (Å²) in [6.07, 6.45) is 3.30. The Labute approximate surface area is 131 Å². The summed E-state index contributed by atoms with van der Waals surface area (Å²) in [6.45, 7) is 6.83. The number of pyridine rings is 1. The van der Waals surface area contributed by atoms with Crippen LogP contribution in [0.25, 0.3) is 0 Å². The number of nitrogens with one attached hydrogen (secondary N) is 1. The molecule has 1 amide bonds. The second-order valence-electron chi connectivity index (χ2n) is 5.89. The van der Waals surface area contributed by atoms with E-state index >= 15 is 0 Å². The molecule has 0 radical (unpaired) electrons. The van der Waals surface area contributed by atoms with Crippen LogP contribution >= 0.6 is 11.6 Å². The highest BCUT2D eigenvalue weighted by molar-refractivity contribution is 6.33. The second kappa shape index (κ2) is 7.12. The summed E-state index contributed by atoms with van der Waals surface area (Å²) in [5.74, 6) is 1.42. The highest BCUT2D eigenvalue weighted by Gasteiger charge is 2.27.